The molecule has 2 aromatic rings. The molecule has 0 aromatic heterocycles. The van der Waals surface area contributed by atoms with Gasteiger partial charge in [-0.3, -0.25) is 9.59 Å². The van der Waals surface area contributed by atoms with Gasteiger partial charge in [0.15, 0.2) is 0 Å². The van der Waals surface area contributed by atoms with E-state index in [1.807, 2.05) is 13.8 Å². The van der Waals surface area contributed by atoms with E-state index in [1.165, 1.54) is 75.3 Å². The summed E-state index contributed by atoms with van der Waals surface area (Å²) in [7, 11) is 0. The van der Waals surface area contributed by atoms with E-state index in [1.54, 1.807) is 0 Å². The van der Waals surface area contributed by atoms with Crippen LogP contribution in [0.3, 0.4) is 0 Å². The lowest BCUT2D eigenvalue weighted by Crippen LogP contribution is -2.19. The van der Waals surface area contributed by atoms with Crippen LogP contribution in [0.1, 0.15) is 144 Å². The smallest absolute Gasteiger partial charge is 0.240 e. The molecule has 2 aromatic carbocycles. The molecule has 41 heavy (non-hydrogen) atoms. The molecule has 2 aliphatic carbocycles. The minimum atomic E-state index is -0.0950. The van der Waals surface area contributed by atoms with E-state index in [2.05, 4.69) is 69.6 Å². The second-order valence-corrected chi connectivity index (χ2v) is 11.9. The van der Waals surface area contributed by atoms with Crippen molar-refractivity contribution in [3.05, 3.63) is 70.8 Å². The first-order valence-electron chi connectivity index (χ1n) is 15.9. The van der Waals surface area contributed by atoms with Crippen LogP contribution in [-0.4, -0.2) is 23.2 Å². The summed E-state index contributed by atoms with van der Waals surface area (Å²) in [6, 6.07) is 17.3. The summed E-state index contributed by atoms with van der Waals surface area (Å²) in [5.74, 6) is 1.18. The van der Waals surface area contributed by atoms with E-state index in [4.69, 9.17) is 0 Å². The van der Waals surface area contributed by atoms with Crippen LogP contribution in [-0.2, 0) is 9.59 Å². The standard InChI is InChI=1S/C35H48N4O2/c1-26(28-18-22-32(23-19-28)30-12-6-3-7-13-30)36-38-34(40)16-10-5-11-17-35(41)39-37-27(2)29-20-24-33(25-21-29)31-14-8-4-9-15-31/h18-25,30-31H,3-17H2,1-2H3,(H,38,40)(H,39,41)/b36-26+,37-27+. The van der Waals surface area contributed by atoms with Gasteiger partial charge < -0.3 is 0 Å². The highest BCUT2D eigenvalue weighted by molar-refractivity contribution is 5.99. The number of carbonyl (C=O) groups excluding carboxylic acids is 2. The van der Waals surface area contributed by atoms with Crippen molar-refractivity contribution in [3.8, 4) is 0 Å². The van der Waals surface area contributed by atoms with Gasteiger partial charge in [-0.25, -0.2) is 10.9 Å². The lowest BCUT2D eigenvalue weighted by atomic mass is 9.84. The Morgan fingerprint density at radius 3 is 1.32 bits per heavy atom. The van der Waals surface area contributed by atoms with Gasteiger partial charge in [-0.05, 0) is 86.5 Å². The number of nitrogens with zero attached hydrogens (tertiary/aromatic N) is 2. The monoisotopic (exact) mass is 556 g/mol. The molecule has 6 nitrogen and oxygen atoms in total. The Morgan fingerprint density at radius 2 is 0.951 bits per heavy atom. The van der Waals surface area contributed by atoms with Gasteiger partial charge in [-0.1, -0.05) is 93.5 Å². The average molecular weight is 557 g/mol. The molecular formula is C35H48N4O2. The van der Waals surface area contributed by atoms with Gasteiger partial charge in [0.05, 0.1) is 11.4 Å². The van der Waals surface area contributed by atoms with E-state index < -0.39 is 0 Å². The van der Waals surface area contributed by atoms with Gasteiger partial charge in [0.25, 0.3) is 0 Å². The summed E-state index contributed by atoms with van der Waals surface area (Å²) in [4.78, 5) is 24.5. The summed E-state index contributed by atoms with van der Waals surface area (Å²) in [6.07, 6.45) is 16.2. The van der Waals surface area contributed by atoms with Crippen molar-refractivity contribution >= 4 is 23.2 Å². The maximum atomic E-state index is 12.2. The molecule has 0 heterocycles. The number of unbranched alkanes of at least 4 members (excludes halogenated alkanes) is 2. The summed E-state index contributed by atoms with van der Waals surface area (Å²) in [6.45, 7) is 3.84. The Balaban J connectivity index is 1.09. The van der Waals surface area contributed by atoms with E-state index in [0.29, 0.717) is 24.7 Å². The zero-order chi connectivity index (χ0) is 28.9. The number of hydrazone groups is 2. The van der Waals surface area contributed by atoms with Crippen LogP contribution in [0.4, 0.5) is 0 Å². The quantitative estimate of drug-likeness (QED) is 0.157. The number of hydrogen-bond donors (Lipinski definition) is 2. The van der Waals surface area contributed by atoms with Crippen molar-refractivity contribution in [1.82, 2.24) is 10.9 Å². The summed E-state index contributed by atoms with van der Waals surface area (Å²) in [5.41, 5.74) is 11.9. The van der Waals surface area contributed by atoms with Crippen LogP contribution in [0.2, 0.25) is 0 Å². The molecule has 0 saturated heterocycles. The van der Waals surface area contributed by atoms with Crippen molar-refractivity contribution in [2.24, 2.45) is 10.2 Å². The van der Waals surface area contributed by atoms with Gasteiger partial charge in [-0.15, -0.1) is 0 Å². The summed E-state index contributed by atoms with van der Waals surface area (Å²) >= 11 is 0. The first kappa shape index (κ1) is 30.7. The second-order valence-electron chi connectivity index (χ2n) is 11.9. The molecule has 2 N–H and O–H groups in total. The molecule has 220 valence electrons. The predicted octanol–water partition coefficient (Wildman–Crippen LogP) is 8.11. The highest BCUT2D eigenvalue weighted by Crippen LogP contribution is 2.33. The van der Waals surface area contributed by atoms with Gasteiger partial charge in [-0.2, -0.15) is 10.2 Å². The Bertz CT molecular complexity index is 1080. The Morgan fingerprint density at radius 1 is 0.585 bits per heavy atom. The van der Waals surface area contributed by atoms with Crippen LogP contribution >= 0.6 is 0 Å². The second kappa shape index (κ2) is 16.2. The first-order valence-corrected chi connectivity index (χ1v) is 15.9. The van der Waals surface area contributed by atoms with E-state index in [-0.39, 0.29) is 11.8 Å². The highest BCUT2D eigenvalue weighted by Gasteiger charge is 2.16. The molecule has 0 aliphatic heterocycles. The molecular weight excluding hydrogens is 508 g/mol. The predicted molar refractivity (Wildman–Crippen MR) is 168 cm³/mol. The number of hydrogen-bond acceptors (Lipinski definition) is 4. The zero-order valence-electron chi connectivity index (χ0n) is 25.1. The van der Waals surface area contributed by atoms with Crippen LogP contribution in [0.15, 0.2) is 58.7 Å². The third-order valence-corrected chi connectivity index (χ3v) is 8.81. The Kier molecular flexibility index (Phi) is 12.1. The Labute approximate surface area is 246 Å². The maximum Gasteiger partial charge on any atom is 0.240 e. The molecule has 0 atom stereocenters. The summed E-state index contributed by atoms with van der Waals surface area (Å²) < 4.78 is 0. The third kappa shape index (κ3) is 9.94. The van der Waals surface area contributed by atoms with Crippen LogP contribution in [0, 0.1) is 0 Å². The van der Waals surface area contributed by atoms with Gasteiger partial charge in [0, 0.05) is 12.8 Å². The van der Waals surface area contributed by atoms with Crippen molar-refractivity contribution in [2.75, 3.05) is 0 Å². The van der Waals surface area contributed by atoms with Gasteiger partial charge >= 0.3 is 0 Å². The minimum Gasteiger partial charge on any atom is -0.273 e. The molecule has 6 heteroatoms. The number of carbonyl (C=O) groups is 2. The van der Waals surface area contributed by atoms with Gasteiger partial charge in [0.1, 0.15) is 0 Å². The number of rotatable bonds is 12. The lowest BCUT2D eigenvalue weighted by molar-refractivity contribution is -0.121. The molecule has 0 unspecified atom stereocenters. The highest BCUT2D eigenvalue weighted by atomic mass is 16.2. The minimum absolute atomic E-state index is 0.0950. The largest absolute Gasteiger partial charge is 0.273 e. The maximum absolute atomic E-state index is 12.2. The normalized spacial score (nSPS) is 17.3. The SMILES string of the molecule is C/C(=N\NC(=O)CCCCCC(=O)N/N=C(\C)c1ccc(C2CCCCC2)cc1)c1ccc(C2CCCCC2)cc1. The lowest BCUT2D eigenvalue weighted by Gasteiger charge is -2.22. The molecule has 2 saturated carbocycles. The van der Waals surface area contributed by atoms with Crippen LogP contribution in [0.25, 0.3) is 0 Å². The van der Waals surface area contributed by atoms with Crippen molar-refractivity contribution in [1.29, 1.82) is 0 Å². The number of nitrogens with one attached hydrogen (secondary N) is 2. The van der Waals surface area contributed by atoms with Crippen molar-refractivity contribution < 1.29 is 9.59 Å². The topological polar surface area (TPSA) is 82.9 Å². The Hall–Kier alpha value is -3.28. The average Bonchev–Trinajstić information content (AvgIpc) is 3.03. The molecule has 2 amide bonds. The van der Waals surface area contributed by atoms with E-state index in [9.17, 15) is 9.59 Å². The fourth-order valence-electron chi connectivity index (χ4n) is 6.15. The molecule has 0 spiro atoms. The zero-order valence-corrected chi connectivity index (χ0v) is 25.1. The molecule has 0 radical (unpaired) electrons. The first-order chi connectivity index (χ1) is 20.0. The molecule has 4 rings (SSSR count). The number of amides is 2. The van der Waals surface area contributed by atoms with Crippen LogP contribution in [0.5, 0.6) is 0 Å². The molecule has 2 aliphatic rings. The van der Waals surface area contributed by atoms with E-state index in [0.717, 1.165) is 41.8 Å². The number of benzene rings is 2. The molecule has 2 fully saturated rings. The third-order valence-electron chi connectivity index (χ3n) is 8.81. The summed E-state index contributed by atoms with van der Waals surface area (Å²) in [5, 5.41) is 8.59. The van der Waals surface area contributed by atoms with Crippen molar-refractivity contribution in [3.63, 3.8) is 0 Å². The van der Waals surface area contributed by atoms with Gasteiger partial charge in [0.2, 0.25) is 11.8 Å². The van der Waals surface area contributed by atoms with Crippen LogP contribution < -0.4 is 10.9 Å². The van der Waals surface area contributed by atoms with E-state index >= 15 is 0 Å². The fourth-order valence-corrected chi connectivity index (χ4v) is 6.15. The van der Waals surface area contributed by atoms with Crippen molar-refractivity contribution in [2.45, 2.75) is 122 Å². The fraction of sp³-hybridized carbons (Fsp3) is 0.543. The molecule has 0 bridgehead atoms.